The van der Waals surface area contributed by atoms with Gasteiger partial charge in [0.15, 0.2) is 0 Å². The number of hydrogen-bond donors (Lipinski definition) is 5. The lowest BCUT2D eigenvalue weighted by atomic mass is 9.79. The molecule has 7 N–H and O–H groups in total. The molecule has 2 unspecified atom stereocenters. The monoisotopic (exact) mass is 453 g/mol. The van der Waals surface area contributed by atoms with Crippen molar-refractivity contribution in [3.63, 3.8) is 0 Å². The maximum atomic E-state index is 12.4. The van der Waals surface area contributed by atoms with Crippen molar-refractivity contribution >= 4 is 36.0 Å². The van der Waals surface area contributed by atoms with E-state index in [9.17, 15) is 24.9 Å². The molecule has 0 spiro atoms. The van der Waals surface area contributed by atoms with Gasteiger partial charge in [-0.3, -0.25) is 4.79 Å². The first-order valence-electron chi connectivity index (χ1n) is 9.49. The second-order valence-electron chi connectivity index (χ2n) is 7.72. The number of nitrogens with one attached hydrogen (secondary N) is 2. The average molecular weight is 454 g/mol. The Morgan fingerprint density at radius 1 is 1.41 bits per heavy atom. The highest BCUT2D eigenvalue weighted by Crippen LogP contribution is 2.51. The van der Waals surface area contributed by atoms with E-state index in [1.54, 1.807) is 6.92 Å². The molecule has 11 heteroatoms. The zero-order valence-corrected chi connectivity index (χ0v) is 18.4. The molecule has 1 amide bonds. The van der Waals surface area contributed by atoms with Crippen LogP contribution < -0.4 is 10.6 Å². The van der Waals surface area contributed by atoms with Gasteiger partial charge in [-0.25, -0.2) is 4.79 Å². The van der Waals surface area contributed by atoms with Crippen LogP contribution in [0, 0.1) is 11.8 Å². The van der Waals surface area contributed by atoms with Gasteiger partial charge in [-0.15, -0.1) is 24.2 Å². The van der Waals surface area contributed by atoms with E-state index in [1.807, 2.05) is 14.0 Å². The number of aliphatic hydroxyl groups is 2. The Balaban J connectivity index is 0.00000210. The smallest absolute Gasteiger partial charge is 0.353 e. The predicted octanol–water partition coefficient (Wildman–Crippen LogP) is -0.829. The van der Waals surface area contributed by atoms with Crippen molar-refractivity contribution < 1.29 is 30.4 Å². The van der Waals surface area contributed by atoms with Gasteiger partial charge in [-0.05, 0) is 33.4 Å². The third-order valence-corrected chi connectivity index (χ3v) is 7.40. The van der Waals surface area contributed by atoms with E-state index in [1.165, 1.54) is 16.7 Å². The topological polar surface area (TPSA) is 154 Å². The number of rotatable bonds is 8. The number of aliphatic hydroxyl groups excluding tert-OH is 2. The van der Waals surface area contributed by atoms with Crippen LogP contribution in [0.4, 0.5) is 0 Å². The van der Waals surface area contributed by atoms with Crippen molar-refractivity contribution in [2.24, 2.45) is 11.8 Å². The SMILES string of the molecule is CNCCC(O)[C@@H]1C[C@H](SC2=C(C(=O)O)N3C(=O)[C@H](C(C)O)[C@H]3[C@H]2C)CN1.Cl.O. The van der Waals surface area contributed by atoms with Gasteiger partial charge in [-0.2, -0.15) is 0 Å². The molecule has 0 radical (unpaired) electrons. The zero-order chi connectivity index (χ0) is 19.9. The quantitative estimate of drug-likeness (QED) is 0.298. The number of carbonyl (C=O) groups is 2. The minimum absolute atomic E-state index is 0. The van der Waals surface area contributed by atoms with Gasteiger partial charge >= 0.3 is 5.97 Å². The summed E-state index contributed by atoms with van der Waals surface area (Å²) >= 11 is 1.50. The van der Waals surface area contributed by atoms with E-state index in [0.29, 0.717) is 17.9 Å². The summed E-state index contributed by atoms with van der Waals surface area (Å²) in [4.78, 5) is 26.3. The molecule has 0 bridgehead atoms. The minimum Gasteiger partial charge on any atom is -0.477 e. The number of carboxylic acid groups (broad SMARTS) is 1. The van der Waals surface area contributed by atoms with E-state index in [0.717, 1.165) is 13.0 Å². The first-order chi connectivity index (χ1) is 12.8. The average Bonchev–Trinajstić information content (AvgIpc) is 3.15. The van der Waals surface area contributed by atoms with Crippen molar-refractivity contribution in [1.82, 2.24) is 15.5 Å². The Labute approximate surface area is 181 Å². The van der Waals surface area contributed by atoms with E-state index in [2.05, 4.69) is 10.6 Å². The van der Waals surface area contributed by atoms with Crippen LogP contribution in [0.25, 0.3) is 0 Å². The Kier molecular flexibility index (Phi) is 9.41. The number of fused-ring (bicyclic) bond motifs is 1. The summed E-state index contributed by atoms with van der Waals surface area (Å²) in [5, 5.41) is 36.4. The summed E-state index contributed by atoms with van der Waals surface area (Å²) in [5.74, 6) is -2.06. The molecule has 3 aliphatic rings. The van der Waals surface area contributed by atoms with E-state index < -0.39 is 24.1 Å². The lowest BCUT2D eigenvalue weighted by Crippen LogP contribution is -2.63. The fourth-order valence-electron chi connectivity index (χ4n) is 4.47. The molecule has 3 aliphatic heterocycles. The molecule has 0 saturated carbocycles. The molecule has 9 nitrogen and oxygen atoms in total. The van der Waals surface area contributed by atoms with Gasteiger partial charge < -0.3 is 36.3 Å². The van der Waals surface area contributed by atoms with Crippen LogP contribution in [0.5, 0.6) is 0 Å². The summed E-state index contributed by atoms with van der Waals surface area (Å²) in [6, 6.07) is -0.289. The maximum Gasteiger partial charge on any atom is 0.353 e. The summed E-state index contributed by atoms with van der Waals surface area (Å²) < 4.78 is 0. The molecule has 3 rings (SSSR count). The molecule has 29 heavy (non-hydrogen) atoms. The lowest BCUT2D eigenvalue weighted by Gasteiger charge is -2.46. The second kappa shape index (κ2) is 10.4. The molecule has 0 aromatic heterocycles. The number of hydrogen-bond acceptors (Lipinski definition) is 7. The van der Waals surface area contributed by atoms with Crippen LogP contribution in [-0.4, -0.2) is 87.3 Å². The van der Waals surface area contributed by atoms with Crippen molar-refractivity contribution in [1.29, 1.82) is 0 Å². The number of thioether (sulfide) groups is 1. The maximum absolute atomic E-state index is 12.4. The minimum atomic E-state index is -1.10. The van der Waals surface area contributed by atoms with Gasteiger partial charge in [0, 0.05) is 28.7 Å². The summed E-state index contributed by atoms with van der Waals surface area (Å²) in [7, 11) is 1.85. The molecule has 2 fully saturated rings. The summed E-state index contributed by atoms with van der Waals surface area (Å²) in [6.07, 6.45) is 0.168. The predicted molar refractivity (Wildman–Crippen MR) is 113 cm³/mol. The highest BCUT2D eigenvalue weighted by molar-refractivity contribution is 8.03. The third-order valence-electron chi connectivity index (χ3n) is 5.88. The van der Waals surface area contributed by atoms with Crippen molar-refractivity contribution in [2.45, 2.75) is 56.2 Å². The van der Waals surface area contributed by atoms with Crippen molar-refractivity contribution in [3.8, 4) is 0 Å². The van der Waals surface area contributed by atoms with Gasteiger partial charge in [0.05, 0.1) is 24.2 Å². The summed E-state index contributed by atoms with van der Waals surface area (Å²) in [5.41, 5.74) is 0.0681. The van der Waals surface area contributed by atoms with Crippen LogP contribution in [0.15, 0.2) is 10.6 Å². The molecule has 0 aromatic carbocycles. The Bertz CT molecular complexity index is 649. The number of amides is 1. The largest absolute Gasteiger partial charge is 0.477 e. The van der Waals surface area contributed by atoms with E-state index in [4.69, 9.17) is 0 Å². The van der Waals surface area contributed by atoms with Crippen LogP contribution in [-0.2, 0) is 9.59 Å². The van der Waals surface area contributed by atoms with Crippen LogP contribution in [0.1, 0.15) is 26.7 Å². The van der Waals surface area contributed by atoms with Crippen molar-refractivity contribution in [3.05, 3.63) is 10.6 Å². The number of halogens is 1. The van der Waals surface area contributed by atoms with Crippen molar-refractivity contribution in [2.75, 3.05) is 20.1 Å². The molecule has 3 heterocycles. The van der Waals surface area contributed by atoms with E-state index >= 15 is 0 Å². The molecule has 168 valence electrons. The molecule has 0 aliphatic carbocycles. The fraction of sp³-hybridized carbons (Fsp3) is 0.778. The molecule has 7 atom stereocenters. The number of nitrogens with zero attached hydrogens (tertiary/aromatic N) is 1. The number of carbonyl (C=O) groups excluding carboxylic acids is 1. The number of carboxylic acids is 1. The molecular weight excluding hydrogens is 422 g/mol. The summed E-state index contributed by atoms with van der Waals surface area (Å²) in [6.45, 7) is 4.94. The van der Waals surface area contributed by atoms with Gasteiger partial charge in [0.2, 0.25) is 5.91 Å². The highest BCUT2D eigenvalue weighted by Gasteiger charge is 2.60. The Hall–Kier alpha value is -0.880. The Morgan fingerprint density at radius 3 is 2.62 bits per heavy atom. The Morgan fingerprint density at radius 2 is 2.07 bits per heavy atom. The third kappa shape index (κ3) is 4.73. The molecule has 2 saturated heterocycles. The molecular formula is C18H32ClN3O6S. The standard InChI is InChI=1S/C18H29N3O5S.ClH.H2O/c1-8-14-13(9(2)22)17(24)21(14)15(18(25)26)16(8)27-10-6-11(20-7-10)12(23)4-5-19-3;;/h8-14,19-20,22-23H,4-7H2,1-3H3,(H,25,26);1H;1H2/t8-,9?,10+,11+,12?,13-,14-;;/m1../s1. The van der Waals surface area contributed by atoms with Gasteiger partial charge in [0.1, 0.15) is 5.70 Å². The van der Waals surface area contributed by atoms with Crippen LogP contribution in [0.3, 0.4) is 0 Å². The van der Waals surface area contributed by atoms with Crippen LogP contribution in [0.2, 0.25) is 0 Å². The first kappa shape index (κ1) is 26.2. The lowest BCUT2D eigenvalue weighted by molar-refractivity contribution is -0.163. The number of β-lactam (4-membered cyclic amide) rings is 1. The second-order valence-corrected chi connectivity index (χ2v) is 9.06. The van der Waals surface area contributed by atoms with Crippen LogP contribution >= 0.6 is 24.2 Å². The first-order valence-corrected chi connectivity index (χ1v) is 10.4. The fourth-order valence-corrected chi connectivity index (χ4v) is 5.96. The zero-order valence-electron chi connectivity index (χ0n) is 16.8. The number of aliphatic carboxylic acids is 1. The van der Waals surface area contributed by atoms with Gasteiger partial charge in [0.25, 0.3) is 0 Å². The highest BCUT2D eigenvalue weighted by atomic mass is 35.5. The van der Waals surface area contributed by atoms with Gasteiger partial charge in [-0.1, -0.05) is 6.92 Å². The molecule has 0 aromatic rings. The normalized spacial score (nSPS) is 32.8. The van der Waals surface area contributed by atoms with E-state index in [-0.39, 0.29) is 52.7 Å².